The van der Waals surface area contributed by atoms with E-state index in [4.69, 9.17) is 9.52 Å². The van der Waals surface area contributed by atoms with Crippen LogP contribution in [0.3, 0.4) is 0 Å². The van der Waals surface area contributed by atoms with Gasteiger partial charge in [0.15, 0.2) is 9.92 Å². The number of carbonyl (C=O) groups is 1. The molecular formula is C24H28FN5O5S2. The molecule has 37 heavy (non-hydrogen) atoms. The second-order valence-electron chi connectivity index (χ2n) is 9.10. The maximum Gasteiger partial charge on any atom is 0.331 e. The summed E-state index contributed by atoms with van der Waals surface area (Å²) >= 11 is 0.751. The third-order valence-corrected chi connectivity index (χ3v) is 9.33. The Morgan fingerprint density at radius 3 is 2.76 bits per heavy atom. The Balaban J connectivity index is 1.66. The summed E-state index contributed by atoms with van der Waals surface area (Å²) in [4.78, 5) is 21.0. The van der Waals surface area contributed by atoms with Gasteiger partial charge in [0.2, 0.25) is 5.88 Å². The summed E-state index contributed by atoms with van der Waals surface area (Å²) in [7, 11) is -2.40. The molecule has 2 unspecified atom stereocenters. The number of methoxy groups -OCH3 is 1. The quantitative estimate of drug-likeness (QED) is 0.270. The minimum atomic E-state index is -3.86. The topological polar surface area (TPSA) is 158 Å². The van der Waals surface area contributed by atoms with Gasteiger partial charge >= 0.3 is 6.03 Å². The van der Waals surface area contributed by atoms with E-state index >= 15 is 0 Å². The van der Waals surface area contributed by atoms with E-state index in [1.165, 1.54) is 32.4 Å². The minimum absolute atomic E-state index is 0.0578. The van der Waals surface area contributed by atoms with Crippen LogP contribution in [-0.2, 0) is 21.9 Å². The second kappa shape index (κ2) is 10.7. The van der Waals surface area contributed by atoms with Crippen LogP contribution in [0.4, 0.5) is 14.9 Å². The largest absolute Gasteiger partial charge is 0.481 e. The number of hydrogen-bond donors (Lipinski definition) is 5. The van der Waals surface area contributed by atoms with Gasteiger partial charge in [-0.3, -0.25) is 0 Å². The van der Waals surface area contributed by atoms with E-state index in [1.807, 2.05) is 0 Å². The Hall–Kier alpha value is -3.13. The third kappa shape index (κ3) is 6.06. The summed E-state index contributed by atoms with van der Waals surface area (Å²) in [6.07, 6.45) is 6.28. The van der Waals surface area contributed by atoms with Crippen LogP contribution < -0.4 is 14.8 Å². The molecule has 0 bridgehead atoms. The molecule has 3 aromatic rings. The highest BCUT2D eigenvalue weighted by molar-refractivity contribution is 7.93. The fraction of sp³-hybridized carbons (Fsp3) is 0.375. The molecule has 10 nitrogen and oxygen atoms in total. The van der Waals surface area contributed by atoms with Crippen molar-refractivity contribution in [3.8, 4) is 17.0 Å². The number of nitrogens with one attached hydrogen (secondary N) is 3. The van der Waals surface area contributed by atoms with Gasteiger partial charge in [0.25, 0.3) is 0 Å². The van der Waals surface area contributed by atoms with Gasteiger partial charge in [0.05, 0.1) is 25.6 Å². The molecule has 2 atom stereocenters. The van der Waals surface area contributed by atoms with Crippen molar-refractivity contribution in [2.45, 2.75) is 42.4 Å². The number of amides is 2. The molecule has 0 radical (unpaired) electrons. The highest BCUT2D eigenvalue weighted by Crippen LogP contribution is 2.38. The number of rotatable bonds is 9. The van der Waals surface area contributed by atoms with Crippen LogP contribution in [0, 0.1) is 16.5 Å². The Bertz CT molecular complexity index is 1410. The van der Waals surface area contributed by atoms with Gasteiger partial charge in [0.1, 0.15) is 20.6 Å². The Kier molecular flexibility index (Phi) is 7.78. The van der Waals surface area contributed by atoms with E-state index in [-0.39, 0.29) is 9.22 Å². The number of aliphatic hydroxyl groups excluding tert-OH is 1. The van der Waals surface area contributed by atoms with E-state index in [0.29, 0.717) is 40.6 Å². The number of nitrogens with zero attached hydrogens (tertiary/aromatic N) is 2. The second-order valence-corrected chi connectivity index (χ2v) is 12.1. The normalized spacial score (nSPS) is 16.8. The molecule has 2 aromatic heterocycles. The van der Waals surface area contributed by atoms with Crippen LogP contribution in [0.1, 0.15) is 36.8 Å². The van der Waals surface area contributed by atoms with Gasteiger partial charge in [-0.2, -0.15) is 0 Å². The standard InChI is InChI=1S/C24H28FN5O5S2/c1-24(33,13-31)22-28-12-20(36-22)37(26,34)30-23(32)29-21-16(8-14-4-3-5-14)9-17(25)11-18(21)15-6-7-27-19(10-15)35-2/h6-7,9-12,14,31,33H,3-5,8,13H2,1-2H3,(H3,26,29,30,32,34). The number of benzene rings is 1. The maximum absolute atomic E-state index is 14.7. The minimum Gasteiger partial charge on any atom is -0.481 e. The third-order valence-electron chi connectivity index (χ3n) is 6.18. The van der Waals surface area contributed by atoms with Crippen molar-refractivity contribution in [3.63, 3.8) is 0 Å². The van der Waals surface area contributed by atoms with Gasteiger partial charge in [-0.1, -0.05) is 19.3 Å². The molecule has 0 spiro atoms. The lowest BCUT2D eigenvalue weighted by atomic mass is 9.80. The number of aromatic nitrogens is 2. The summed E-state index contributed by atoms with van der Waals surface area (Å²) in [6, 6.07) is 5.02. The monoisotopic (exact) mass is 549 g/mol. The predicted octanol–water partition coefficient (Wildman–Crippen LogP) is 4.04. The van der Waals surface area contributed by atoms with E-state index in [0.717, 1.165) is 36.8 Å². The number of pyridine rings is 1. The Morgan fingerprint density at radius 1 is 1.35 bits per heavy atom. The summed E-state index contributed by atoms with van der Waals surface area (Å²) in [5, 5.41) is 22.3. The Morgan fingerprint density at radius 2 is 2.11 bits per heavy atom. The highest BCUT2D eigenvalue weighted by atomic mass is 32.2. The van der Waals surface area contributed by atoms with E-state index in [2.05, 4.69) is 20.0 Å². The molecular weight excluding hydrogens is 521 g/mol. The van der Waals surface area contributed by atoms with Crippen molar-refractivity contribution in [2.24, 2.45) is 5.92 Å². The average molecular weight is 550 g/mol. The molecule has 0 saturated heterocycles. The molecule has 2 amide bonds. The van der Waals surface area contributed by atoms with E-state index < -0.39 is 34.0 Å². The van der Waals surface area contributed by atoms with Crippen LogP contribution in [0.5, 0.6) is 5.88 Å². The lowest BCUT2D eigenvalue weighted by Gasteiger charge is -2.27. The average Bonchev–Trinajstić information content (AvgIpc) is 3.35. The first-order valence-electron chi connectivity index (χ1n) is 11.5. The number of hydrogen-bond acceptors (Lipinski definition) is 9. The molecule has 1 saturated carbocycles. The molecule has 1 aliphatic rings. The summed E-state index contributed by atoms with van der Waals surface area (Å²) in [5.41, 5.74) is 0.192. The van der Waals surface area contributed by atoms with Gasteiger partial charge in [-0.15, -0.1) is 11.3 Å². The number of carbonyl (C=O) groups excluding carboxylic acids is 1. The van der Waals surface area contributed by atoms with Crippen molar-refractivity contribution < 1.29 is 28.3 Å². The smallest absolute Gasteiger partial charge is 0.331 e. The zero-order chi connectivity index (χ0) is 26.8. The number of urea groups is 1. The number of thiazole rings is 1. The number of halogens is 1. The lowest BCUT2D eigenvalue weighted by molar-refractivity contribution is -0.00244. The van der Waals surface area contributed by atoms with Crippen LogP contribution in [-0.4, -0.2) is 44.1 Å². The van der Waals surface area contributed by atoms with Gasteiger partial charge in [-0.25, -0.2) is 32.9 Å². The fourth-order valence-electron chi connectivity index (χ4n) is 3.92. The summed E-state index contributed by atoms with van der Waals surface area (Å²) in [6.45, 7) is 0.708. The zero-order valence-corrected chi connectivity index (χ0v) is 21.9. The van der Waals surface area contributed by atoms with E-state index in [9.17, 15) is 23.6 Å². The predicted molar refractivity (Wildman–Crippen MR) is 137 cm³/mol. The number of aliphatic hydroxyl groups is 2. The molecule has 1 aliphatic carbocycles. The molecule has 13 heteroatoms. The van der Waals surface area contributed by atoms with Crippen molar-refractivity contribution >= 4 is 33.0 Å². The van der Waals surface area contributed by atoms with Crippen LogP contribution >= 0.6 is 11.3 Å². The highest BCUT2D eigenvalue weighted by Gasteiger charge is 2.29. The summed E-state index contributed by atoms with van der Waals surface area (Å²) < 4.78 is 43.3. The fourth-order valence-corrected chi connectivity index (χ4v) is 6.06. The molecule has 1 fully saturated rings. The first-order valence-corrected chi connectivity index (χ1v) is 13.9. The summed E-state index contributed by atoms with van der Waals surface area (Å²) in [5.74, 6) is 0.204. The molecule has 2 heterocycles. The van der Waals surface area contributed by atoms with Crippen LogP contribution in [0.15, 0.2) is 40.9 Å². The zero-order valence-electron chi connectivity index (χ0n) is 20.3. The number of ether oxygens (including phenoxy) is 1. The molecule has 4 rings (SSSR count). The van der Waals surface area contributed by atoms with Crippen LogP contribution in [0.2, 0.25) is 0 Å². The SMILES string of the molecule is COc1cc(-c2cc(F)cc(CC3CCC3)c2NC(=O)NS(=N)(=O)c2cnc(C(C)(O)CO)s2)ccn1. The lowest BCUT2D eigenvalue weighted by Crippen LogP contribution is -2.34. The van der Waals surface area contributed by atoms with Gasteiger partial charge < -0.3 is 20.3 Å². The maximum atomic E-state index is 14.7. The van der Waals surface area contributed by atoms with Crippen molar-refractivity contribution in [1.82, 2.24) is 14.7 Å². The first kappa shape index (κ1) is 26.9. The molecule has 1 aromatic carbocycles. The van der Waals surface area contributed by atoms with Crippen LogP contribution in [0.25, 0.3) is 11.1 Å². The molecule has 5 N–H and O–H groups in total. The van der Waals surface area contributed by atoms with Crippen molar-refractivity contribution in [3.05, 3.63) is 53.0 Å². The van der Waals surface area contributed by atoms with E-state index in [1.54, 1.807) is 12.1 Å². The number of anilines is 1. The van der Waals surface area contributed by atoms with Crippen molar-refractivity contribution in [1.29, 1.82) is 4.78 Å². The van der Waals surface area contributed by atoms with Gasteiger partial charge in [-0.05, 0) is 48.6 Å². The molecule has 198 valence electrons. The molecule has 0 aliphatic heterocycles. The first-order chi connectivity index (χ1) is 17.5. The van der Waals surface area contributed by atoms with Crippen molar-refractivity contribution in [2.75, 3.05) is 19.0 Å². The van der Waals surface area contributed by atoms with Gasteiger partial charge in [0, 0.05) is 17.8 Å². The Labute approximate surface area is 218 Å².